The fourth-order valence-electron chi connectivity index (χ4n) is 4.26. The number of nitrogens with zero attached hydrogens (tertiary/aromatic N) is 1. The zero-order chi connectivity index (χ0) is 14.1. The summed E-state index contributed by atoms with van der Waals surface area (Å²) in [6.45, 7) is 6.88. The van der Waals surface area contributed by atoms with Crippen LogP contribution >= 0.6 is 0 Å². The molecule has 2 aliphatic carbocycles. The summed E-state index contributed by atoms with van der Waals surface area (Å²) in [7, 11) is 0. The third kappa shape index (κ3) is 2.85. The fourth-order valence-corrected chi connectivity index (χ4v) is 4.26. The van der Waals surface area contributed by atoms with E-state index in [1.165, 1.54) is 37.8 Å². The summed E-state index contributed by atoms with van der Waals surface area (Å²) in [4.78, 5) is 2.62. The Balaban J connectivity index is 1.66. The Morgan fingerprint density at radius 1 is 1.20 bits per heavy atom. The molecule has 0 aromatic heterocycles. The summed E-state index contributed by atoms with van der Waals surface area (Å²) in [5.74, 6) is 2.98. The van der Waals surface area contributed by atoms with Crippen molar-refractivity contribution in [2.45, 2.75) is 52.1 Å². The lowest BCUT2D eigenvalue weighted by Gasteiger charge is -2.33. The molecule has 0 heterocycles. The average Bonchev–Trinajstić information content (AvgIpc) is 3.02. The molecule has 2 bridgehead atoms. The van der Waals surface area contributed by atoms with Gasteiger partial charge in [-0.15, -0.1) is 0 Å². The first kappa shape index (κ1) is 13.9. The molecule has 2 aliphatic rings. The van der Waals surface area contributed by atoms with Crippen LogP contribution in [0, 0.1) is 17.8 Å². The number of anilines is 1. The second kappa shape index (κ2) is 5.77. The zero-order valence-corrected chi connectivity index (χ0v) is 12.9. The first-order chi connectivity index (χ1) is 9.63. The van der Waals surface area contributed by atoms with Crippen LogP contribution in [0.15, 0.2) is 24.3 Å². The van der Waals surface area contributed by atoms with Gasteiger partial charge < -0.3 is 5.73 Å². The highest BCUT2D eigenvalue weighted by atomic mass is 15.1. The summed E-state index contributed by atoms with van der Waals surface area (Å²) < 4.78 is 0. The van der Waals surface area contributed by atoms with Gasteiger partial charge in [-0.05, 0) is 62.5 Å². The van der Waals surface area contributed by atoms with Gasteiger partial charge >= 0.3 is 0 Å². The lowest BCUT2D eigenvalue weighted by molar-refractivity contribution is 0.150. The van der Waals surface area contributed by atoms with Gasteiger partial charge in [-0.25, -0.2) is 0 Å². The van der Waals surface area contributed by atoms with Crippen molar-refractivity contribution in [1.29, 1.82) is 0 Å². The Kier molecular flexibility index (Phi) is 4.02. The summed E-state index contributed by atoms with van der Waals surface area (Å²) in [6.07, 6.45) is 5.95. The molecule has 2 saturated carbocycles. The van der Waals surface area contributed by atoms with Crippen LogP contribution in [-0.4, -0.2) is 17.5 Å². The van der Waals surface area contributed by atoms with E-state index in [1.54, 1.807) is 0 Å². The van der Waals surface area contributed by atoms with Crippen LogP contribution in [0.25, 0.3) is 0 Å². The van der Waals surface area contributed by atoms with Crippen molar-refractivity contribution in [3.05, 3.63) is 29.8 Å². The van der Waals surface area contributed by atoms with E-state index >= 15 is 0 Å². The molecule has 2 fully saturated rings. The number of hydrogen-bond donors (Lipinski definition) is 1. The fraction of sp³-hybridized carbons (Fsp3) is 0.667. The lowest BCUT2D eigenvalue weighted by atomic mass is 9.88. The monoisotopic (exact) mass is 272 g/mol. The van der Waals surface area contributed by atoms with Crippen LogP contribution in [0.3, 0.4) is 0 Å². The third-order valence-electron chi connectivity index (χ3n) is 5.51. The number of fused-ring (bicyclic) bond motifs is 2. The average molecular weight is 272 g/mol. The molecule has 110 valence electrons. The molecule has 0 spiro atoms. The molecule has 2 N–H and O–H groups in total. The minimum absolute atomic E-state index is 0.591. The topological polar surface area (TPSA) is 29.3 Å². The van der Waals surface area contributed by atoms with E-state index < -0.39 is 0 Å². The van der Waals surface area contributed by atoms with Gasteiger partial charge in [0.15, 0.2) is 0 Å². The molecule has 3 rings (SSSR count). The number of rotatable bonds is 5. The molecule has 0 aliphatic heterocycles. The molecule has 0 saturated heterocycles. The molecule has 20 heavy (non-hydrogen) atoms. The Labute approximate surface area is 123 Å². The van der Waals surface area contributed by atoms with Crippen LogP contribution in [0.1, 0.15) is 45.1 Å². The normalized spacial score (nSPS) is 28.7. The lowest BCUT2D eigenvalue weighted by Crippen LogP contribution is -2.36. The van der Waals surface area contributed by atoms with Crippen LogP contribution in [0.4, 0.5) is 5.69 Å². The van der Waals surface area contributed by atoms with Gasteiger partial charge in [0, 0.05) is 24.8 Å². The quantitative estimate of drug-likeness (QED) is 0.823. The highest BCUT2D eigenvalue weighted by molar-refractivity contribution is 5.46. The summed E-state index contributed by atoms with van der Waals surface area (Å²) >= 11 is 0. The summed E-state index contributed by atoms with van der Waals surface area (Å²) in [5, 5.41) is 0. The second-order valence-electron chi connectivity index (χ2n) is 7.16. The number of nitrogen functional groups attached to an aromatic ring is 1. The van der Waals surface area contributed by atoms with Crippen molar-refractivity contribution in [3.63, 3.8) is 0 Å². The number of benzene rings is 1. The maximum Gasteiger partial charge on any atom is 0.0359 e. The van der Waals surface area contributed by atoms with Gasteiger partial charge in [-0.1, -0.05) is 24.6 Å². The number of nitrogens with two attached hydrogens (primary N) is 1. The molecule has 3 atom stereocenters. The van der Waals surface area contributed by atoms with Crippen molar-refractivity contribution in [1.82, 2.24) is 4.90 Å². The van der Waals surface area contributed by atoms with Crippen LogP contribution in [0.2, 0.25) is 0 Å². The van der Waals surface area contributed by atoms with E-state index in [4.69, 9.17) is 5.73 Å². The third-order valence-corrected chi connectivity index (χ3v) is 5.51. The zero-order valence-electron chi connectivity index (χ0n) is 12.9. The maximum absolute atomic E-state index is 6.11. The van der Waals surface area contributed by atoms with E-state index in [9.17, 15) is 0 Å². The number of para-hydroxylation sites is 1. The minimum Gasteiger partial charge on any atom is -0.398 e. The second-order valence-corrected chi connectivity index (χ2v) is 7.16. The van der Waals surface area contributed by atoms with E-state index in [0.29, 0.717) is 6.04 Å². The van der Waals surface area contributed by atoms with Crippen molar-refractivity contribution in [2.75, 3.05) is 12.3 Å². The minimum atomic E-state index is 0.591. The molecular weight excluding hydrogens is 244 g/mol. The van der Waals surface area contributed by atoms with E-state index in [0.717, 1.165) is 30.0 Å². The predicted molar refractivity (Wildman–Crippen MR) is 85.3 cm³/mol. The Hall–Kier alpha value is -1.02. The maximum atomic E-state index is 6.11. The largest absolute Gasteiger partial charge is 0.398 e. The van der Waals surface area contributed by atoms with Crippen molar-refractivity contribution < 1.29 is 0 Å². The van der Waals surface area contributed by atoms with E-state index in [2.05, 4.69) is 30.9 Å². The predicted octanol–water partition coefficient (Wildman–Crippen LogP) is 3.92. The molecule has 1 aromatic rings. The molecule has 3 unspecified atom stereocenters. The first-order valence-corrected chi connectivity index (χ1v) is 8.21. The number of hydrogen-bond acceptors (Lipinski definition) is 2. The molecule has 0 amide bonds. The molecular formula is C18H28N2. The molecule has 2 heteroatoms. The van der Waals surface area contributed by atoms with Crippen LogP contribution in [-0.2, 0) is 6.54 Å². The Morgan fingerprint density at radius 3 is 2.60 bits per heavy atom. The van der Waals surface area contributed by atoms with Gasteiger partial charge in [-0.3, -0.25) is 4.90 Å². The van der Waals surface area contributed by atoms with Crippen molar-refractivity contribution >= 4 is 5.69 Å². The summed E-state index contributed by atoms with van der Waals surface area (Å²) in [6, 6.07) is 8.90. The van der Waals surface area contributed by atoms with Gasteiger partial charge in [0.1, 0.15) is 0 Å². The highest BCUT2D eigenvalue weighted by Gasteiger charge is 2.40. The molecule has 2 nitrogen and oxygen atoms in total. The van der Waals surface area contributed by atoms with Gasteiger partial charge in [0.05, 0.1) is 0 Å². The van der Waals surface area contributed by atoms with Crippen LogP contribution in [0.5, 0.6) is 0 Å². The smallest absolute Gasteiger partial charge is 0.0359 e. The standard InChI is InChI=1S/C18H28N2/c1-13(2)20(11-16-5-3-4-6-18(16)19)12-17-10-14-7-8-15(17)9-14/h3-6,13-15,17H,7-12,19H2,1-2H3. The van der Waals surface area contributed by atoms with Crippen LogP contribution < -0.4 is 5.73 Å². The first-order valence-electron chi connectivity index (χ1n) is 8.21. The van der Waals surface area contributed by atoms with Crippen molar-refractivity contribution in [3.8, 4) is 0 Å². The van der Waals surface area contributed by atoms with E-state index in [-0.39, 0.29) is 0 Å². The van der Waals surface area contributed by atoms with Crippen molar-refractivity contribution in [2.24, 2.45) is 17.8 Å². The van der Waals surface area contributed by atoms with Gasteiger partial charge in [0.2, 0.25) is 0 Å². The summed E-state index contributed by atoms with van der Waals surface area (Å²) in [5.41, 5.74) is 8.33. The highest BCUT2D eigenvalue weighted by Crippen LogP contribution is 2.48. The Morgan fingerprint density at radius 2 is 2.00 bits per heavy atom. The molecule has 0 radical (unpaired) electrons. The molecule has 1 aromatic carbocycles. The van der Waals surface area contributed by atoms with Gasteiger partial charge in [-0.2, -0.15) is 0 Å². The Bertz CT molecular complexity index is 454. The van der Waals surface area contributed by atoms with Gasteiger partial charge in [0.25, 0.3) is 0 Å². The SMILES string of the molecule is CC(C)N(Cc1ccccc1N)CC1CC2CCC1C2. The van der Waals surface area contributed by atoms with E-state index in [1.807, 2.05) is 12.1 Å².